The van der Waals surface area contributed by atoms with E-state index < -0.39 is 0 Å². The lowest BCUT2D eigenvalue weighted by atomic mass is 10.1. The summed E-state index contributed by atoms with van der Waals surface area (Å²) in [6.45, 7) is 5.12. The predicted molar refractivity (Wildman–Crippen MR) is 59.6 cm³/mol. The van der Waals surface area contributed by atoms with Crippen molar-refractivity contribution in [1.29, 1.82) is 0 Å². The fraction of sp³-hybridized carbons (Fsp3) is 1.00. The van der Waals surface area contributed by atoms with Crippen molar-refractivity contribution >= 4 is 0 Å². The molecule has 2 saturated heterocycles. The van der Waals surface area contributed by atoms with Gasteiger partial charge in [-0.1, -0.05) is 0 Å². The van der Waals surface area contributed by atoms with Gasteiger partial charge in [-0.3, -0.25) is 4.90 Å². The molecule has 0 aromatic rings. The first kappa shape index (κ1) is 10.4. The molecule has 0 saturated carbocycles. The molecule has 1 N–H and O–H groups in total. The van der Waals surface area contributed by atoms with Gasteiger partial charge in [0, 0.05) is 31.7 Å². The van der Waals surface area contributed by atoms with E-state index in [2.05, 4.69) is 29.2 Å². The fourth-order valence-corrected chi connectivity index (χ4v) is 2.79. The van der Waals surface area contributed by atoms with Gasteiger partial charge in [-0.15, -0.1) is 0 Å². The molecule has 2 atom stereocenters. The zero-order chi connectivity index (χ0) is 9.97. The first-order valence-electron chi connectivity index (χ1n) is 5.89. The van der Waals surface area contributed by atoms with E-state index in [9.17, 15) is 0 Å². The fourth-order valence-electron chi connectivity index (χ4n) is 2.79. The van der Waals surface area contributed by atoms with E-state index >= 15 is 0 Å². The topological polar surface area (TPSA) is 18.5 Å². The van der Waals surface area contributed by atoms with E-state index in [0.717, 1.165) is 12.1 Å². The summed E-state index contributed by atoms with van der Waals surface area (Å²) in [5.74, 6) is 0. The van der Waals surface area contributed by atoms with Crippen LogP contribution in [0.5, 0.6) is 0 Å². The van der Waals surface area contributed by atoms with Gasteiger partial charge in [-0.25, -0.2) is 0 Å². The van der Waals surface area contributed by atoms with Gasteiger partial charge in [0.15, 0.2) is 0 Å². The molecule has 3 nitrogen and oxygen atoms in total. The smallest absolute Gasteiger partial charge is 0.0224 e. The van der Waals surface area contributed by atoms with E-state index in [0.29, 0.717) is 0 Å². The van der Waals surface area contributed by atoms with Crippen LogP contribution >= 0.6 is 0 Å². The SMILES string of the molecule is CNC1CCN(C2CCCN(C)C2)C1. The second kappa shape index (κ2) is 4.60. The number of nitrogens with zero attached hydrogens (tertiary/aromatic N) is 2. The van der Waals surface area contributed by atoms with Crippen LogP contribution in [-0.4, -0.2) is 62.2 Å². The highest BCUT2D eigenvalue weighted by molar-refractivity contribution is 4.87. The van der Waals surface area contributed by atoms with E-state index in [4.69, 9.17) is 0 Å². The lowest BCUT2D eigenvalue weighted by Gasteiger charge is -2.35. The van der Waals surface area contributed by atoms with Crippen molar-refractivity contribution in [3.8, 4) is 0 Å². The molecular weight excluding hydrogens is 174 g/mol. The Balaban J connectivity index is 1.83. The number of nitrogens with one attached hydrogen (secondary N) is 1. The van der Waals surface area contributed by atoms with Crippen LogP contribution < -0.4 is 5.32 Å². The maximum absolute atomic E-state index is 3.39. The van der Waals surface area contributed by atoms with Gasteiger partial charge in [0.05, 0.1) is 0 Å². The van der Waals surface area contributed by atoms with Crippen molar-refractivity contribution in [3.05, 3.63) is 0 Å². The molecule has 2 heterocycles. The average molecular weight is 197 g/mol. The normalized spacial score (nSPS) is 36.4. The Hall–Kier alpha value is -0.120. The van der Waals surface area contributed by atoms with Crippen LogP contribution in [0.15, 0.2) is 0 Å². The molecule has 0 aromatic heterocycles. The first-order chi connectivity index (χ1) is 6.79. The van der Waals surface area contributed by atoms with Crippen molar-refractivity contribution < 1.29 is 0 Å². The Morgan fingerprint density at radius 3 is 2.64 bits per heavy atom. The second-order valence-electron chi connectivity index (χ2n) is 4.83. The Kier molecular flexibility index (Phi) is 3.42. The van der Waals surface area contributed by atoms with Crippen LogP contribution in [0, 0.1) is 0 Å². The van der Waals surface area contributed by atoms with Crippen molar-refractivity contribution in [2.75, 3.05) is 40.3 Å². The van der Waals surface area contributed by atoms with Gasteiger partial charge in [0.1, 0.15) is 0 Å². The molecule has 82 valence electrons. The van der Waals surface area contributed by atoms with Gasteiger partial charge in [0.25, 0.3) is 0 Å². The summed E-state index contributed by atoms with van der Waals surface area (Å²) in [6.07, 6.45) is 4.11. The highest BCUT2D eigenvalue weighted by Crippen LogP contribution is 2.19. The maximum atomic E-state index is 3.39. The van der Waals surface area contributed by atoms with Crippen LogP contribution in [0.25, 0.3) is 0 Å². The molecule has 14 heavy (non-hydrogen) atoms. The van der Waals surface area contributed by atoms with Gasteiger partial charge >= 0.3 is 0 Å². The summed E-state index contributed by atoms with van der Waals surface area (Å²) in [5, 5.41) is 3.39. The van der Waals surface area contributed by atoms with Gasteiger partial charge in [-0.05, 0) is 39.9 Å². The average Bonchev–Trinajstić information content (AvgIpc) is 2.66. The standard InChI is InChI=1S/C11H23N3/c1-12-10-5-7-14(8-10)11-4-3-6-13(2)9-11/h10-12H,3-9H2,1-2H3. The Morgan fingerprint density at radius 2 is 2.00 bits per heavy atom. The molecule has 2 fully saturated rings. The van der Waals surface area contributed by atoms with Gasteiger partial charge in [0.2, 0.25) is 0 Å². The Labute approximate surface area is 87.4 Å². The molecule has 0 spiro atoms. The summed E-state index contributed by atoms with van der Waals surface area (Å²) in [6, 6.07) is 1.56. The van der Waals surface area contributed by atoms with Crippen molar-refractivity contribution in [2.24, 2.45) is 0 Å². The molecule has 0 amide bonds. The van der Waals surface area contributed by atoms with Crippen LogP contribution in [0.1, 0.15) is 19.3 Å². The minimum atomic E-state index is 0.738. The summed E-state index contributed by atoms with van der Waals surface area (Å²) in [7, 11) is 4.33. The first-order valence-corrected chi connectivity index (χ1v) is 5.89. The molecular formula is C11H23N3. The minimum absolute atomic E-state index is 0.738. The lowest BCUT2D eigenvalue weighted by Crippen LogP contribution is -2.46. The van der Waals surface area contributed by atoms with E-state index in [-0.39, 0.29) is 0 Å². The summed E-state index contributed by atoms with van der Waals surface area (Å²) < 4.78 is 0. The van der Waals surface area contributed by atoms with Crippen LogP contribution in [0.3, 0.4) is 0 Å². The van der Waals surface area contributed by atoms with Crippen LogP contribution in [0.4, 0.5) is 0 Å². The molecule has 2 unspecified atom stereocenters. The molecule has 0 aliphatic carbocycles. The van der Waals surface area contributed by atoms with E-state index in [1.54, 1.807) is 0 Å². The molecule has 3 heteroatoms. The number of hydrogen-bond donors (Lipinski definition) is 1. The highest BCUT2D eigenvalue weighted by atomic mass is 15.2. The monoisotopic (exact) mass is 197 g/mol. The number of piperidine rings is 1. The largest absolute Gasteiger partial charge is 0.316 e. The zero-order valence-electron chi connectivity index (χ0n) is 9.50. The highest BCUT2D eigenvalue weighted by Gasteiger charge is 2.29. The predicted octanol–water partition coefficient (Wildman–Crippen LogP) is 0.374. The third-order valence-electron chi connectivity index (χ3n) is 3.74. The zero-order valence-corrected chi connectivity index (χ0v) is 9.50. The summed E-state index contributed by atoms with van der Waals surface area (Å²) in [5.41, 5.74) is 0. The van der Waals surface area contributed by atoms with E-state index in [1.807, 2.05) is 0 Å². The number of likely N-dealkylation sites (tertiary alicyclic amines) is 2. The lowest BCUT2D eigenvalue weighted by molar-refractivity contribution is 0.132. The van der Waals surface area contributed by atoms with Crippen molar-refractivity contribution in [2.45, 2.75) is 31.3 Å². The maximum Gasteiger partial charge on any atom is 0.0224 e. The molecule has 0 radical (unpaired) electrons. The summed E-state index contributed by atoms with van der Waals surface area (Å²) in [4.78, 5) is 5.15. The van der Waals surface area contributed by atoms with Crippen molar-refractivity contribution in [3.63, 3.8) is 0 Å². The third kappa shape index (κ3) is 2.27. The number of rotatable bonds is 2. The van der Waals surface area contributed by atoms with Crippen molar-refractivity contribution in [1.82, 2.24) is 15.1 Å². The molecule has 2 rings (SSSR count). The van der Waals surface area contributed by atoms with Gasteiger partial charge in [-0.2, -0.15) is 0 Å². The molecule has 2 aliphatic rings. The van der Waals surface area contributed by atoms with Crippen LogP contribution in [0.2, 0.25) is 0 Å². The number of likely N-dealkylation sites (N-methyl/N-ethyl adjacent to an activating group) is 2. The molecule has 2 aliphatic heterocycles. The molecule has 0 aromatic carbocycles. The quantitative estimate of drug-likeness (QED) is 0.690. The number of hydrogen-bond acceptors (Lipinski definition) is 3. The van der Waals surface area contributed by atoms with E-state index in [1.165, 1.54) is 45.4 Å². The Morgan fingerprint density at radius 1 is 1.14 bits per heavy atom. The summed E-state index contributed by atoms with van der Waals surface area (Å²) >= 11 is 0. The third-order valence-corrected chi connectivity index (χ3v) is 3.74. The minimum Gasteiger partial charge on any atom is -0.316 e. The second-order valence-corrected chi connectivity index (χ2v) is 4.83. The molecule has 0 bridgehead atoms. The van der Waals surface area contributed by atoms with Gasteiger partial charge < -0.3 is 10.2 Å². The van der Waals surface area contributed by atoms with Crippen LogP contribution in [-0.2, 0) is 0 Å². The Bertz CT molecular complexity index is 183.